The van der Waals surface area contributed by atoms with Crippen molar-refractivity contribution in [1.82, 2.24) is 0 Å². The maximum Gasteiger partial charge on any atom is 0.397 e. The van der Waals surface area contributed by atoms with Crippen molar-refractivity contribution in [3.05, 3.63) is 60.8 Å². The van der Waals surface area contributed by atoms with E-state index in [0.29, 0.717) is 13.0 Å². The average Bonchev–Trinajstić information content (AvgIpc) is 3.15. The molecule has 0 saturated carbocycles. The molecule has 12 nitrogen and oxygen atoms in total. The lowest BCUT2D eigenvalue weighted by atomic mass is 9.99. The smallest absolute Gasteiger partial charge is 0.397 e. The Morgan fingerprint density at radius 2 is 1.25 bits per heavy atom. The van der Waals surface area contributed by atoms with Gasteiger partial charge in [-0.3, -0.25) is 9.35 Å². The lowest BCUT2D eigenvalue weighted by molar-refractivity contribution is -0.301. The Morgan fingerprint density at radius 3 is 1.85 bits per heavy atom. The molecule has 0 aromatic rings. The van der Waals surface area contributed by atoms with Gasteiger partial charge in [-0.25, -0.2) is 4.18 Å². The SMILES string of the molecule is CC/C=C\C/C=C\C/C=C\C/C=C\CCCCC(=O)OC(COCCCCCCCC/C=C\CCCCC)COC1OC(CO)C(O)C(OS(=O)(=O)O)C1O. The van der Waals surface area contributed by atoms with Crippen LogP contribution in [0.15, 0.2) is 60.8 Å². The van der Waals surface area contributed by atoms with Gasteiger partial charge < -0.3 is 34.3 Å². The van der Waals surface area contributed by atoms with Crippen molar-refractivity contribution < 1.29 is 56.2 Å². The lowest BCUT2D eigenvalue weighted by Crippen LogP contribution is -2.60. The van der Waals surface area contributed by atoms with Gasteiger partial charge in [0.1, 0.15) is 30.5 Å². The second kappa shape index (κ2) is 33.9. The third-order valence-corrected chi connectivity index (χ3v) is 9.34. The fourth-order valence-corrected chi connectivity index (χ4v) is 6.28. The maximum atomic E-state index is 12.8. The standard InChI is InChI=1S/C42H72O12S/c1-3-5-7-9-11-13-15-17-18-19-21-23-25-27-29-31-38(44)52-36(34-50-32-30-28-26-24-22-20-16-14-12-10-8-6-4-2)35-51-42-40(46)41(54-55(47,48)49)39(45)37(33-43)53-42/h5,7,11-14,17-18,21,23,36-37,39-43,45-46H,3-4,6,8-10,15-16,19-20,22,24-35H2,1-2H3,(H,47,48,49)/b7-5-,13-11-,14-12-,18-17-,23-21-. The number of hydrogen-bond donors (Lipinski definition) is 4. The van der Waals surface area contributed by atoms with Crippen molar-refractivity contribution in [1.29, 1.82) is 0 Å². The molecule has 1 saturated heterocycles. The van der Waals surface area contributed by atoms with Crippen molar-refractivity contribution in [2.24, 2.45) is 0 Å². The molecule has 0 aliphatic carbocycles. The van der Waals surface area contributed by atoms with Crippen LogP contribution in [0.3, 0.4) is 0 Å². The number of allylic oxidation sites excluding steroid dienone is 10. The minimum absolute atomic E-state index is 0.0120. The molecule has 6 unspecified atom stereocenters. The summed E-state index contributed by atoms with van der Waals surface area (Å²) in [5.74, 6) is -0.445. The second-order valence-electron chi connectivity index (χ2n) is 13.8. The molecular weight excluding hydrogens is 729 g/mol. The molecule has 0 radical (unpaired) electrons. The number of hydrogen-bond acceptors (Lipinski definition) is 11. The highest BCUT2D eigenvalue weighted by atomic mass is 32.3. The third kappa shape index (κ3) is 27.9. The highest BCUT2D eigenvalue weighted by molar-refractivity contribution is 7.80. The summed E-state index contributed by atoms with van der Waals surface area (Å²) in [6.07, 6.45) is 31.2. The van der Waals surface area contributed by atoms with Gasteiger partial charge in [0.15, 0.2) is 6.29 Å². The van der Waals surface area contributed by atoms with Crippen LogP contribution in [0.25, 0.3) is 0 Å². The molecule has 1 rings (SSSR count). The fraction of sp³-hybridized carbons (Fsp3) is 0.738. The van der Waals surface area contributed by atoms with Gasteiger partial charge in [-0.15, -0.1) is 0 Å². The summed E-state index contributed by atoms with van der Waals surface area (Å²) in [5.41, 5.74) is 0. The average molecular weight is 801 g/mol. The highest BCUT2D eigenvalue weighted by Crippen LogP contribution is 2.26. The summed E-state index contributed by atoms with van der Waals surface area (Å²) in [6, 6.07) is 0. The summed E-state index contributed by atoms with van der Waals surface area (Å²) in [7, 11) is -5.07. The predicted octanol–water partition coefficient (Wildman–Crippen LogP) is 7.79. The number of carbonyl (C=O) groups excluding carboxylic acids is 1. The van der Waals surface area contributed by atoms with Crippen molar-refractivity contribution in [2.75, 3.05) is 26.4 Å². The number of aliphatic hydroxyl groups is 3. The molecule has 0 spiro atoms. The van der Waals surface area contributed by atoms with Gasteiger partial charge in [-0.1, -0.05) is 113 Å². The monoisotopic (exact) mass is 800 g/mol. The Labute approximate surface area is 331 Å². The Morgan fingerprint density at radius 1 is 0.709 bits per heavy atom. The molecule has 13 heteroatoms. The van der Waals surface area contributed by atoms with Crippen LogP contribution in [0.5, 0.6) is 0 Å². The fourth-order valence-electron chi connectivity index (χ4n) is 5.77. The van der Waals surface area contributed by atoms with Crippen LogP contribution >= 0.6 is 0 Å². The van der Waals surface area contributed by atoms with Gasteiger partial charge in [0, 0.05) is 13.0 Å². The maximum absolute atomic E-state index is 12.8. The van der Waals surface area contributed by atoms with Crippen LogP contribution in [0.4, 0.5) is 0 Å². The largest absolute Gasteiger partial charge is 0.457 e. The van der Waals surface area contributed by atoms with E-state index in [9.17, 15) is 28.5 Å². The quantitative estimate of drug-likeness (QED) is 0.0215. The van der Waals surface area contributed by atoms with E-state index in [1.807, 2.05) is 0 Å². The molecular formula is C42H72O12S. The van der Waals surface area contributed by atoms with Crippen molar-refractivity contribution in [2.45, 2.75) is 173 Å². The van der Waals surface area contributed by atoms with Gasteiger partial charge in [0.05, 0.1) is 19.8 Å². The van der Waals surface area contributed by atoms with Crippen LogP contribution in [-0.4, -0.2) is 97.5 Å². The second-order valence-corrected chi connectivity index (χ2v) is 14.9. The first kappa shape index (κ1) is 50.8. The molecule has 4 N–H and O–H groups in total. The zero-order chi connectivity index (χ0) is 40.4. The molecule has 1 fully saturated rings. The Kier molecular flexibility index (Phi) is 31.3. The van der Waals surface area contributed by atoms with Crippen LogP contribution in [0.2, 0.25) is 0 Å². The van der Waals surface area contributed by atoms with E-state index in [2.05, 4.69) is 78.8 Å². The molecule has 0 aromatic heterocycles. The first-order valence-electron chi connectivity index (χ1n) is 20.5. The Balaban J connectivity index is 2.53. The van der Waals surface area contributed by atoms with E-state index in [0.717, 1.165) is 70.6 Å². The third-order valence-electron chi connectivity index (χ3n) is 8.87. The predicted molar refractivity (Wildman–Crippen MR) is 216 cm³/mol. The Hall–Kier alpha value is -2.20. The molecule has 0 aromatic carbocycles. The number of ether oxygens (including phenoxy) is 4. The number of unbranched alkanes of at least 4 members (excludes halogenated alkanes) is 11. The minimum atomic E-state index is -5.07. The van der Waals surface area contributed by atoms with E-state index < -0.39 is 59.8 Å². The van der Waals surface area contributed by atoms with E-state index in [1.165, 1.54) is 38.5 Å². The number of aliphatic hydroxyl groups excluding tert-OH is 3. The van der Waals surface area contributed by atoms with Crippen LogP contribution in [-0.2, 0) is 38.3 Å². The highest BCUT2D eigenvalue weighted by Gasteiger charge is 2.48. The molecule has 1 heterocycles. The van der Waals surface area contributed by atoms with E-state index >= 15 is 0 Å². The summed E-state index contributed by atoms with van der Waals surface area (Å²) in [5, 5.41) is 30.6. The molecule has 1 aliphatic rings. The van der Waals surface area contributed by atoms with Crippen LogP contribution in [0, 0.1) is 0 Å². The summed E-state index contributed by atoms with van der Waals surface area (Å²) in [4.78, 5) is 12.8. The molecule has 6 atom stereocenters. The Bertz CT molecular complexity index is 1200. The topological polar surface area (TPSA) is 178 Å². The van der Waals surface area contributed by atoms with Gasteiger partial charge >= 0.3 is 16.4 Å². The normalized spacial score (nSPS) is 21.6. The lowest BCUT2D eigenvalue weighted by Gasteiger charge is -2.41. The molecule has 0 bridgehead atoms. The molecule has 0 amide bonds. The number of rotatable bonds is 34. The zero-order valence-electron chi connectivity index (χ0n) is 33.5. The van der Waals surface area contributed by atoms with Gasteiger partial charge in [-0.2, -0.15) is 8.42 Å². The van der Waals surface area contributed by atoms with E-state index in [1.54, 1.807) is 0 Å². The van der Waals surface area contributed by atoms with Gasteiger partial charge in [-0.05, 0) is 77.0 Å². The van der Waals surface area contributed by atoms with E-state index in [-0.39, 0.29) is 19.6 Å². The number of carbonyl (C=O) groups is 1. The van der Waals surface area contributed by atoms with Crippen molar-refractivity contribution in [3.8, 4) is 0 Å². The minimum Gasteiger partial charge on any atom is -0.457 e. The van der Waals surface area contributed by atoms with Gasteiger partial charge in [0.25, 0.3) is 0 Å². The first-order chi connectivity index (χ1) is 26.6. The van der Waals surface area contributed by atoms with Crippen LogP contribution in [0.1, 0.15) is 136 Å². The van der Waals surface area contributed by atoms with Crippen LogP contribution < -0.4 is 0 Å². The molecule has 55 heavy (non-hydrogen) atoms. The zero-order valence-corrected chi connectivity index (χ0v) is 34.3. The summed E-state index contributed by atoms with van der Waals surface area (Å²) >= 11 is 0. The molecule has 318 valence electrons. The van der Waals surface area contributed by atoms with Crippen molar-refractivity contribution in [3.63, 3.8) is 0 Å². The van der Waals surface area contributed by atoms with Crippen molar-refractivity contribution >= 4 is 16.4 Å². The number of esters is 1. The summed E-state index contributed by atoms with van der Waals surface area (Å²) in [6.45, 7) is 3.75. The first-order valence-corrected chi connectivity index (χ1v) is 21.9. The van der Waals surface area contributed by atoms with E-state index in [4.69, 9.17) is 23.5 Å². The summed E-state index contributed by atoms with van der Waals surface area (Å²) < 4.78 is 58.8. The molecule has 1 aliphatic heterocycles. The van der Waals surface area contributed by atoms with Gasteiger partial charge in [0.2, 0.25) is 0 Å².